The van der Waals surface area contributed by atoms with E-state index in [2.05, 4.69) is 5.10 Å². The van der Waals surface area contributed by atoms with Crippen LogP contribution >= 0.6 is 0 Å². The van der Waals surface area contributed by atoms with Crippen LogP contribution in [0.25, 0.3) is 0 Å². The van der Waals surface area contributed by atoms with Crippen molar-refractivity contribution in [3.8, 4) is 0 Å². The number of rotatable bonds is 3. The summed E-state index contributed by atoms with van der Waals surface area (Å²) in [5.41, 5.74) is 1.33. The molecule has 1 aromatic rings. The first-order valence-electron chi connectivity index (χ1n) is 8.08. The number of carbonyl (C=O) groups is 1. The number of alkyl halides is 3. The van der Waals surface area contributed by atoms with Crippen LogP contribution in [0.2, 0.25) is 0 Å². The maximum atomic E-state index is 12.7. The lowest BCUT2D eigenvalue weighted by Gasteiger charge is -2.35. The fourth-order valence-corrected chi connectivity index (χ4v) is 3.31. The number of aliphatic hydroxyl groups excluding tert-OH is 1. The maximum Gasteiger partial charge on any atom is 0.408 e. The van der Waals surface area contributed by atoms with Gasteiger partial charge in [0, 0.05) is 24.3 Å². The van der Waals surface area contributed by atoms with Gasteiger partial charge in [-0.2, -0.15) is 18.3 Å². The Hall–Kier alpha value is -1.57. The van der Waals surface area contributed by atoms with Crippen LogP contribution in [0, 0.1) is 19.8 Å². The van der Waals surface area contributed by atoms with E-state index in [1.54, 1.807) is 25.7 Å². The van der Waals surface area contributed by atoms with Crippen molar-refractivity contribution < 1.29 is 23.1 Å². The predicted octanol–water partition coefficient (Wildman–Crippen LogP) is 2.40. The zero-order valence-corrected chi connectivity index (χ0v) is 14.4. The summed E-state index contributed by atoms with van der Waals surface area (Å²) >= 11 is 0. The second-order valence-electron chi connectivity index (χ2n) is 6.70. The van der Waals surface area contributed by atoms with Crippen LogP contribution in [0.5, 0.6) is 0 Å². The van der Waals surface area contributed by atoms with Gasteiger partial charge in [-0.25, -0.2) is 0 Å². The molecule has 0 aliphatic carbocycles. The van der Waals surface area contributed by atoms with Crippen molar-refractivity contribution >= 4 is 5.91 Å². The number of likely N-dealkylation sites (tertiary alicyclic amines) is 1. The van der Waals surface area contributed by atoms with Gasteiger partial charge in [-0.15, -0.1) is 0 Å². The molecule has 1 saturated heterocycles. The molecule has 8 heteroatoms. The third-order valence-corrected chi connectivity index (χ3v) is 4.80. The van der Waals surface area contributed by atoms with Gasteiger partial charge in [0.25, 0.3) is 0 Å². The highest BCUT2D eigenvalue weighted by molar-refractivity contribution is 5.84. The fraction of sp³-hybridized carbons (Fsp3) is 0.750. The summed E-state index contributed by atoms with van der Waals surface area (Å²) in [5.74, 6) is -0.631. The van der Waals surface area contributed by atoms with Gasteiger partial charge in [-0.1, -0.05) is 6.92 Å². The van der Waals surface area contributed by atoms with Crippen molar-refractivity contribution in [3.63, 3.8) is 0 Å². The van der Waals surface area contributed by atoms with Crippen LogP contribution in [0.1, 0.15) is 43.1 Å². The van der Waals surface area contributed by atoms with Gasteiger partial charge in [0.05, 0.1) is 17.7 Å². The molecule has 0 aromatic carbocycles. The van der Waals surface area contributed by atoms with Gasteiger partial charge >= 0.3 is 6.18 Å². The van der Waals surface area contributed by atoms with Crippen molar-refractivity contribution in [1.29, 1.82) is 0 Å². The van der Waals surface area contributed by atoms with Crippen LogP contribution in [0.4, 0.5) is 13.2 Å². The molecule has 0 saturated carbocycles. The van der Waals surface area contributed by atoms with Gasteiger partial charge in [0.1, 0.15) is 6.54 Å². The number of piperidine rings is 1. The van der Waals surface area contributed by atoms with E-state index in [9.17, 15) is 23.1 Å². The van der Waals surface area contributed by atoms with Crippen LogP contribution in [-0.2, 0) is 11.3 Å². The fourth-order valence-electron chi connectivity index (χ4n) is 3.31. The number of carbonyl (C=O) groups excluding carboxylic acids is 1. The Kier molecular flexibility index (Phi) is 5.27. The van der Waals surface area contributed by atoms with Crippen molar-refractivity contribution in [1.82, 2.24) is 14.7 Å². The van der Waals surface area contributed by atoms with E-state index < -0.39 is 24.7 Å². The number of halogens is 3. The molecule has 2 heterocycles. The van der Waals surface area contributed by atoms with Gasteiger partial charge in [-0.05, 0) is 33.1 Å². The highest BCUT2D eigenvalue weighted by atomic mass is 19.4. The Morgan fingerprint density at radius 2 is 2.04 bits per heavy atom. The molecule has 136 valence electrons. The van der Waals surface area contributed by atoms with Crippen molar-refractivity contribution in [3.05, 3.63) is 17.0 Å². The summed E-state index contributed by atoms with van der Waals surface area (Å²) in [6, 6.07) is 0. The monoisotopic (exact) mass is 347 g/mol. The highest BCUT2D eigenvalue weighted by Crippen LogP contribution is 2.29. The summed E-state index contributed by atoms with van der Waals surface area (Å²) in [4.78, 5) is 14.3. The topological polar surface area (TPSA) is 58.4 Å². The van der Waals surface area contributed by atoms with E-state index in [0.29, 0.717) is 29.9 Å². The Balaban J connectivity index is 2.20. The molecule has 0 bridgehead atoms. The number of aromatic nitrogens is 2. The number of aryl methyl sites for hydroxylation is 1. The number of hydrogen-bond donors (Lipinski definition) is 1. The molecule has 1 fully saturated rings. The largest absolute Gasteiger partial charge is 0.408 e. The van der Waals surface area contributed by atoms with Crippen LogP contribution in [0.15, 0.2) is 0 Å². The zero-order chi connectivity index (χ0) is 18.2. The standard InChI is InChI=1S/C16H24F3N3O2/c1-9-5-6-21(7-13(9)23)15(24)10(2)14-11(3)20-22(12(14)4)8-16(17,18)19/h9-10,13,23H,5-8H2,1-4H3/t9-,10+,13-/m1/s1. The lowest BCUT2D eigenvalue weighted by Crippen LogP contribution is -2.47. The third-order valence-electron chi connectivity index (χ3n) is 4.80. The number of aliphatic hydroxyl groups is 1. The molecule has 0 radical (unpaired) electrons. The Labute approximate surface area is 139 Å². The molecular formula is C16H24F3N3O2. The first kappa shape index (κ1) is 18.8. The van der Waals surface area contributed by atoms with E-state index in [-0.39, 0.29) is 18.4 Å². The quantitative estimate of drug-likeness (QED) is 0.913. The van der Waals surface area contributed by atoms with E-state index in [1.165, 1.54) is 0 Å². The average molecular weight is 347 g/mol. The lowest BCUT2D eigenvalue weighted by atomic mass is 9.93. The minimum absolute atomic E-state index is 0.141. The summed E-state index contributed by atoms with van der Waals surface area (Å²) in [6.45, 7) is 6.44. The number of β-amino-alcohol motifs (C(OH)–C–C–N with tert-alkyl or cyclic N) is 1. The van der Waals surface area contributed by atoms with Crippen molar-refractivity contribution in [2.75, 3.05) is 13.1 Å². The van der Waals surface area contributed by atoms with Crippen LogP contribution in [0.3, 0.4) is 0 Å². The van der Waals surface area contributed by atoms with Crippen LogP contribution < -0.4 is 0 Å². The maximum absolute atomic E-state index is 12.7. The molecule has 24 heavy (non-hydrogen) atoms. The SMILES string of the molecule is Cc1nn(CC(F)(F)F)c(C)c1[C@H](C)C(=O)N1CC[C@@H](C)[C@H](O)C1. The summed E-state index contributed by atoms with van der Waals surface area (Å²) < 4.78 is 38.8. The molecule has 0 unspecified atom stereocenters. The normalized spacial score (nSPS) is 23.4. The van der Waals surface area contributed by atoms with Gasteiger partial charge in [0.2, 0.25) is 5.91 Å². The summed E-state index contributed by atoms with van der Waals surface area (Å²) in [6.07, 6.45) is -4.21. The van der Waals surface area contributed by atoms with Crippen LogP contribution in [-0.4, -0.2) is 51.1 Å². The number of hydrogen-bond acceptors (Lipinski definition) is 3. The van der Waals surface area contributed by atoms with E-state index in [0.717, 1.165) is 4.68 Å². The highest BCUT2D eigenvalue weighted by Gasteiger charge is 2.34. The van der Waals surface area contributed by atoms with Gasteiger partial charge < -0.3 is 10.0 Å². The Bertz CT molecular complexity index is 612. The minimum atomic E-state index is -4.36. The molecule has 1 N–H and O–H groups in total. The van der Waals surface area contributed by atoms with Gasteiger partial charge in [0.15, 0.2) is 0 Å². The molecule has 1 aliphatic rings. The third kappa shape index (κ3) is 3.91. The zero-order valence-electron chi connectivity index (χ0n) is 14.4. The van der Waals surface area contributed by atoms with E-state index in [1.807, 2.05) is 6.92 Å². The van der Waals surface area contributed by atoms with Crippen molar-refractivity contribution in [2.45, 2.75) is 58.9 Å². The molecule has 1 amide bonds. The number of amides is 1. The second kappa shape index (κ2) is 6.74. The van der Waals surface area contributed by atoms with Gasteiger partial charge in [-0.3, -0.25) is 9.48 Å². The molecule has 5 nitrogen and oxygen atoms in total. The molecule has 1 aliphatic heterocycles. The summed E-state index contributed by atoms with van der Waals surface area (Å²) in [7, 11) is 0. The predicted molar refractivity (Wildman–Crippen MR) is 82.5 cm³/mol. The smallest absolute Gasteiger partial charge is 0.391 e. The Morgan fingerprint density at radius 1 is 1.42 bits per heavy atom. The van der Waals surface area contributed by atoms with E-state index in [4.69, 9.17) is 0 Å². The molecule has 1 aromatic heterocycles. The van der Waals surface area contributed by atoms with E-state index >= 15 is 0 Å². The average Bonchev–Trinajstić information content (AvgIpc) is 2.73. The lowest BCUT2D eigenvalue weighted by molar-refractivity contribution is -0.143. The first-order valence-corrected chi connectivity index (χ1v) is 8.08. The first-order chi connectivity index (χ1) is 11.0. The molecule has 3 atom stereocenters. The summed E-state index contributed by atoms with van der Waals surface area (Å²) in [5, 5.41) is 13.9. The minimum Gasteiger partial charge on any atom is -0.391 e. The Morgan fingerprint density at radius 3 is 2.58 bits per heavy atom. The second-order valence-corrected chi connectivity index (χ2v) is 6.70. The molecule has 0 spiro atoms. The number of nitrogens with zero attached hydrogens (tertiary/aromatic N) is 3. The van der Waals surface area contributed by atoms with Crippen molar-refractivity contribution in [2.24, 2.45) is 5.92 Å². The molecule has 2 rings (SSSR count). The molecular weight excluding hydrogens is 323 g/mol.